The van der Waals surface area contributed by atoms with Gasteiger partial charge in [-0.2, -0.15) is 0 Å². The first-order valence-electron chi connectivity index (χ1n) is 14.8. The topological polar surface area (TPSA) is 57.2 Å². The second-order valence-corrected chi connectivity index (χ2v) is 11.8. The largest absolute Gasteiger partial charge is 0.445 e. The Hall–Kier alpha value is -3.62. The van der Waals surface area contributed by atoms with E-state index in [1.807, 2.05) is 121 Å². The summed E-state index contributed by atoms with van der Waals surface area (Å²) >= 11 is 1.66. The molecular weight excluding hydrogens is 558 g/mol. The van der Waals surface area contributed by atoms with E-state index in [0.717, 1.165) is 28.0 Å². The van der Waals surface area contributed by atoms with E-state index in [1.165, 1.54) is 0 Å². The maximum atomic E-state index is 13.7. The van der Waals surface area contributed by atoms with Gasteiger partial charge in [0.1, 0.15) is 30.3 Å². The van der Waals surface area contributed by atoms with E-state index in [9.17, 15) is 4.79 Å². The maximum absolute atomic E-state index is 13.7. The predicted octanol–water partition coefficient (Wildman–Crippen LogP) is 7.47. The summed E-state index contributed by atoms with van der Waals surface area (Å²) in [5.74, 6) is 0.791. The van der Waals surface area contributed by atoms with Gasteiger partial charge in [0.15, 0.2) is 0 Å². The summed E-state index contributed by atoms with van der Waals surface area (Å²) in [6.45, 7) is 3.78. The average Bonchev–Trinajstić information content (AvgIpc) is 3.07. The summed E-state index contributed by atoms with van der Waals surface area (Å²) in [5.41, 5.74) is 4.10. The third-order valence-electron chi connectivity index (χ3n) is 7.31. The van der Waals surface area contributed by atoms with Crippen molar-refractivity contribution in [2.75, 3.05) is 12.3 Å². The molecule has 0 bridgehead atoms. The lowest BCUT2D eigenvalue weighted by Crippen LogP contribution is -2.63. The van der Waals surface area contributed by atoms with Gasteiger partial charge in [-0.15, -0.1) is 11.8 Å². The molecule has 6 nitrogen and oxygen atoms in total. The fourth-order valence-electron chi connectivity index (χ4n) is 5.13. The molecule has 1 heterocycles. The Kier molecular flexibility index (Phi) is 11.7. The zero-order valence-electron chi connectivity index (χ0n) is 24.5. The van der Waals surface area contributed by atoms with Crippen LogP contribution in [-0.4, -0.2) is 47.0 Å². The quantitative estimate of drug-likeness (QED) is 0.159. The van der Waals surface area contributed by atoms with Crippen molar-refractivity contribution < 1.29 is 23.7 Å². The molecule has 0 N–H and O–H groups in total. The number of thioether (sulfide) groups is 1. The number of hydrogen-bond acceptors (Lipinski definition) is 6. The lowest BCUT2D eigenvalue weighted by atomic mass is 10.0. The highest BCUT2D eigenvalue weighted by atomic mass is 32.2. The van der Waals surface area contributed by atoms with Crippen molar-refractivity contribution in [2.45, 2.75) is 57.0 Å². The van der Waals surface area contributed by atoms with E-state index >= 15 is 0 Å². The number of amides is 1. The fraction of sp³-hybridized carbons (Fsp3) is 0.306. The average molecular weight is 598 g/mol. The van der Waals surface area contributed by atoms with Crippen LogP contribution in [0.4, 0.5) is 4.79 Å². The van der Waals surface area contributed by atoms with E-state index in [4.69, 9.17) is 18.9 Å². The minimum absolute atomic E-state index is 0.193. The van der Waals surface area contributed by atoms with Crippen LogP contribution < -0.4 is 0 Å². The van der Waals surface area contributed by atoms with Crippen LogP contribution in [0.15, 0.2) is 121 Å². The number of ether oxygens (including phenoxy) is 4. The molecule has 4 aromatic carbocycles. The number of benzene rings is 4. The highest BCUT2D eigenvalue weighted by Gasteiger charge is 2.48. The zero-order valence-corrected chi connectivity index (χ0v) is 25.3. The molecule has 224 valence electrons. The molecule has 43 heavy (non-hydrogen) atoms. The second-order valence-electron chi connectivity index (χ2n) is 10.4. The molecule has 4 aromatic rings. The first-order valence-corrected chi connectivity index (χ1v) is 15.8. The summed E-state index contributed by atoms with van der Waals surface area (Å²) in [6.07, 6.45) is -1.72. The van der Waals surface area contributed by atoms with Gasteiger partial charge < -0.3 is 18.9 Å². The van der Waals surface area contributed by atoms with E-state index in [1.54, 1.807) is 16.7 Å². The van der Waals surface area contributed by atoms with Crippen molar-refractivity contribution in [3.05, 3.63) is 144 Å². The molecule has 0 aromatic heterocycles. The number of rotatable bonds is 13. The maximum Gasteiger partial charge on any atom is 0.411 e. The van der Waals surface area contributed by atoms with E-state index in [2.05, 4.69) is 6.92 Å². The minimum Gasteiger partial charge on any atom is -0.445 e. The molecule has 0 unspecified atom stereocenters. The van der Waals surface area contributed by atoms with Crippen LogP contribution in [0.2, 0.25) is 0 Å². The van der Waals surface area contributed by atoms with Crippen molar-refractivity contribution in [1.82, 2.24) is 4.90 Å². The van der Waals surface area contributed by atoms with E-state index in [-0.39, 0.29) is 12.0 Å². The number of likely N-dealkylation sites (tertiary alicyclic amines) is 1. The molecule has 1 aliphatic heterocycles. The third kappa shape index (κ3) is 8.94. The van der Waals surface area contributed by atoms with Crippen LogP contribution in [0.5, 0.6) is 0 Å². The molecular formula is C36H39NO5S. The summed E-state index contributed by atoms with van der Waals surface area (Å²) in [5, 5.41) is -0.325. The number of nitrogens with zero attached hydrogens (tertiary/aromatic N) is 1. The molecule has 1 fully saturated rings. The van der Waals surface area contributed by atoms with Crippen molar-refractivity contribution >= 4 is 17.9 Å². The lowest BCUT2D eigenvalue weighted by molar-refractivity contribution is -0.186. The molecule has 0 radical (unpaired) electrons. The molecule has 1 saturated heterocycles. The zero-order chi connectivity index (χ0) is 29.7. The smallest absolute Gasteiger partial charge is 0.411 e. The standard InChI is InChI=1S/C36H39NO5S/c1-2-43-35-34(41-26-30-19-11-5-12-20-30)33(40-25-29-17-9-4-10-18-29)32(39-24-28-15-7-3-8-16-28)23-37(35)36(38)42-27-31-21-13-6-14-22-31/h3-22,32-35H,2,23-27H2,1H3/t32-,33-,34+,35+/m1/s1. The van der Waals surface area contributed by atoms with Crippen molar-refractivity contribution in [3.63, 3.8) is 0 Å². The van der Waals surface area contributed by atoms with Gasteiger partial charge in [0.25, 0.3) is 0 Å². The molecule has 4 atom stereocenters. The fourth-order valence-corrected chi connectivity index (χ4v) is 6.24. The molecule has 5 rings (SSSR count). The van der Waals surface area contributed by atoms with E-state index < -0.39 is 24.4 Å². The Morgan fingerprint density at radius 2 is 1.05 bits per heavy atom. The number of hydrogen-bond donors (Lipinski definition) is 0. The van der Waals surface area contributed by atoms with Gasteiger partial charge in [-0.25, -0.2) is 4.79 Å². The van der Waals surface area contributed by atoms with Crippen LogP contribution in [0.25, 0.3) is 0 Å². The summed E-state index contributed by atoms with van der Waals surface area (Å²) < 4.78 is 25.8. The van der Waals surface area contributed by atoms with Crippen LogP contribution in [-0.2, 0) is 45.4 Å². The van der Waals surface area contributed by atoms with E-state index in [0.29, 0.717) is 26.4 Å². The first-order chi connectivity index (χ1) is 21.2. The highest BCUT2D eigenvalue weighted by molar-refractivity contribution is 7.99. The molecule has 0 spiro atoms. The summed E-state index contributed by atoms with van der Waals surface area (Å²) in [4.78, 5) is 15.5. The van der Waals surface area contributed by atoms with Gasteiger partial charge in [0.05, 0.1) is 26.4 Å². The summed E-state index contributed by atoms with van der Waals surface area (Å²) in [7, 11) is 0. The lowest BCUT2D eigenvalue weighted by Gasteiger charge is -2.47. The van der Waals surface area contributed by atoms with Crippen LogP contribution in [0.3, 0.4) is 0 Å². The SMILES string of the molecule is CCS[C@H]1[C@@H](OCc2ccccc2)[C@H](OCc2ccccc2)[C@H](OCc2ccccc2)CN1C(=O)OCc1ccccc1. The Morgan fingerprint density at radius 1 is 0.628 bits per heavy atom. The van der Waals surface area contributed by atoms with Crippen molar-refractivity contribution in [1.29, 1.82) is 0 Å². The first kappa shape index (κ1) is 30.8. The van der Waals surface area contributed by atoms with Gasteiger partial charge in [-0.1, -0.05) is 128 Å². The van der Waals surface area contributed by atoms with Gasteiger partial charge in [-0.3, -0.25) is 4.90 Å². The number of carbonyl (C=O) groups is 1. The molecule has 1 aliphatic rings. The highest BCUT2D eigenvalue weighted by Crippen LogP contribution is 2.34. The Bertz CT molecular complexity index is 1360. The minimum atomic E-state index is -0.465. The van der Waals surface area contributed by atoms with Crippen LogP contribution in [0, 0.1) is 0 Å². The van der Waals surface area contributed by atoms with Crippen molar-refractivity contribution in [2.24, 2.45) is 0 Å². The normalized spacial score (nSPS) is 20.1. The second kappa shape index (κ2) is 16.3. The van der Waals surface area contributed by atoms with Gasteiger partial charge >= 0.3 is 6.09 Å². The Balaban J connectivity index is 1.43. The molecule has 0 saturated carbocycles. The van der Waals surface area contributed by atoms with Gasteiger partial charge in [-0.05, 0) is 28.0 Å². The Labute approximate surface area is 258 Å². The monoisotopic (exact) mass is 597 g/mol. The number of piperidine rings is 1. The van der Waals surface area contributed by atoms with Crippen molar-refractivity contribution in [3.8, 4) is 0 Å². The van der Waals surface area contributed by atoms with Gasteiger partial charge in [0.2, 0.25) is 0 Å². The third-order valence-corrected chi connectivity index (χ3v) is 8.51. The molecule has 7 heteroatoms. The summed E-state index contributed by atoms with van der Waals surface area (Å²) in [6, 6.07) is 40.0. The van der Waals surface area contributed by atoms with Gasteiger partial charge in [0, 0.05) is 0 Å². The Morgan fingerprint density at radius 3 is 1.51 bits per heavy atom. The predicted molar refractivity (Wildman–Crippen MR) is 170 cm³/mol. The molecule has 0 aliphatic carbocycles. The molecule has 1 amide bonds. The van der Waals surface area contributed by atoms with Crippen LogP contribution >= 0.6 is 11.8 Å². The number of carbonyl (C=O) groups excluding carboxylic acids is 1. The van der Waals surface area contributed by atoms with Crippen LogP contribution in [0.1, 0.15) is 29.2 Å².